The number of carbonyl (C=O) groups excluding carboxylic acids is 1. The summed E-state index contributed by atoms with van der Waals surface area (Å²) < 4.78 is 16.1. The zero-order valence-electron chi connectivity index (χ0n) is 17.6. The van der Waals surface area contributed by atoms with Gasteiger partial charge in [0, 0.05) is 13.1 Å². The van der Waals surface area contributed by atoms with Crippen molar-refractivity contribution in [3.05, 3.63) is 53.0 Å². The first-order valence-electron chi connectivity index (χ1n) is 11.1. The number of halogens is 1. The minimum atomic E-state index is -1.07. The molecule has 9 heteroatoms. The van der Waals surface area contributed by atoms with Crippen LogP contribution in [0.15, 0.2) is 41.6 Å². The van der Waals surface area contributed by atoms with E-state index in [-0.39, 0.29) is 29.2 Å². The quantitative estimate of drug-likeness (QED) is 0.673. The van der Waals surface area contributed by atoms with Crippen molar-refractivity contribution >= 4 is 16.9 Å². The molecule has 0 atom stereocenters. The molecule has 4 aliphatic rings. The highest BCUT2D eigenvalue weighted by Gasteiger charge is 2.62. The molecule has 1 N–H and O–H groups in total. The Labute approximate surface area is 183 Å². The van der Waals surface area contributed by atoms with Crippen molar-refractivity contribution in [3.8, 4) is 5.69 Å². The van der Waals surface area contributed by atoms with Crippen molar-refractivity contribution in [3.63, 3.8) is 0 Å². The number of benzene rings is 1. The molecule has 0 unspecified atom stereocenters. The molecule has 3 aliphatic carbocycles. The van der Waals surface area contributed by atoms with Crippen LogP contribution in [0.1, 0.15) is 32.1 Å². The Bertz CT molecular complexity index is 1260. The fraction of sp³-hybridized carbons (Fsp3) is 0.478. The summed E-state index contributed by atoms with van der Waals surface area (Å²) in [7, 11) is 0. The molecule has 1 saturated heterocycles. The van der Waals surface area contributed by atoms with Crippen molar-refractivity contribution in [1.29, 1.82) is 0 Å². The van der Waals surface area contributed by atoms with Crippen LogP contribution in [0.2, 0.25) is 0 Å². The van der Waals surface area contributed by atoms with Gasteiger partial charge in [-0.25, -0.2) is 14.1 Å². The first kappa shape index (κ1) is 19.6. The third-order valence-corrected chi connectivity index (χ3v) is 7.56. The predicted molar refractivity (Wildman–Crippen MR) is 114 cm³/mol. The number of aliphatic hydroxyl groups is 1. The summed E-state index contributed by atoms with van der Waals surface area (Å²) in [6.07, 6.45) is 6.80. The molecular weight excluding hydrogens is 413 g/mol. The number of fused-ring (bicyclic) bond motifs is 1. The molecule has 0 spiro atoms. The van der Waals surface area contributed by atoms with Crippen LogP contribution < -0.4 is 5.56 Å². The second-order valence-electron chi connectivity index (χ2n) is 9.72. The van der Waals surface area contributed by atoms with E-state index in [1.54, 1.807) is 12.1 Å². The minimum absolute atomic E-state index is 0.100. The first-order valence-corrected chi connectivity index (χ1v) is 11.1. The van der Waals surface area contributed by atoms with Gasteiger partial charge in [0.05, 0.1) is 29.4 Å². The summed E-state index contributed by atoms with van der Waals surface area (Å²) in [6, 6.07) is 5.79. The van der Waals surface area contributed by atoms with Gasteiger partial charge < -0.3 is 10.0 Å². The molecule has 8 nitrogen and oxygen atoms in total. The van der Waals surface area contributed by atoms with E-state index < -0.39 is 5.60 Å². The summed E-state index contributed by atoms with van der Waals surface area (Å²) in [5.74, 6) is 0.642. The van der Waals surface area contributed by atoms with Gasteiger partial charge in [0.1, 0.15) is 17.5 Å². The van der Waals surface area contributed by atoms with Gasteiger partial charge in [-0.15, -0.1) is 0 Å². The third-order valence-electron chi connectivity index (χ3n) is 7.56. The number of amides is 1. The number of hydrogen-bond donors (Lipinski definition) is 1. The highest BCUT2D eigenvalue weighted by molar-refractivity contribution is 5.86. The van der Waals surface area contributed by atoms with Gasteiger partial charge in [-0.1, -0.05) is 0 Å². The maximum absolute atomic E-state index is 13.2. The number of aromatic nitrogens is 4. The van der Waals surface area contributed by atoms with Crippen molar-refractivity contribution in [2.75, 3.05) is 13.1 Å². The van der Waals surface area contributed by atoms with Crippen LogP contribution >= 0.6 is 0 Å². The zero-order valence-corrected chi connectivity index (χ0v) is 17.6. The normalized spacial score (nSPS) is 25.9. The van der Waals surface area contributed by atoms with E-state index in [9.17, 15) is 19.1 Å². The fourth-order valence-corrected chi connectivity index (χ4v) is 5.51. The smallest absolute Gasteiger partial charge is 0.264 e. The Hall–Kier alpha value is -3.07. The molecule has 32 heavy (non-hydrogen) atoms. The molecule has 4 fully saturated rings. The van der Waals surface area contributed by atoms with E-state index in [0.29, 0.717) is 42.7 Å². The highest BCUT2D eigenvalue weighted by Crippen LogP contribution is 2.65. The molecule has 3 heterocycles. The summed E-state index contributed by atoms with van der Waals surface area (Å²) >= 11 is 0. The number of likely N-dealkylation sites (tertiary alicyclic amines) is 1. The van der Waals surface area contributed by atoms with Crippen molar-refractivity contribution in [1.82, 2.24) is 24.2 Å². The van der Waals surface area contributed by atoms with Crippen molar-refractivity contribution < 1.29 is 14.3 Å². The molecule has 3 saturated carbocycles. The number of nitrogens with zero attached hydrogens (tertiary/aromatic N) is 5. The lowest BCUT2D eigenvalue weighted by atomic mass is 9.44. The largest absolute Gasteiger partial charge is 0.388 e. The Morgan fingerprint density at radius 2 is 1.84 bits per heavy atom. The van der Waals surface area contributed by atoms with Gasteiger partial charge in [-0.3, -0.25) is 14.2 Å². The molecule has 166 valence electrons. The Morgan fingerprint density at radius 3 is 2.47 bits per heavy atom. The maximum Gasteiger partial charge on any atom is 0.264 e. The maximum atomic E-state index is 13.2. The second-order valence-corrected chi connectivity index (χ2v) is 9.72. The lowest BCUT2D eigenvalue weighted by molar-refractivity contribution is -0.180. The molecule has 0 radical (unpaired) electrons. The molecular formula is C23H24FN5O3. The lowest BCUT2D eigenvalue weighted by Gasteiger charge is -2.61. The molecule has 2 aromatic heterocycles. The van der Waals surface area contributed by atoms with Crippen LogP contribution in [0.5, 0.6) is 0 Å². The van der Waals surface area contributed by atoms with Crippen molar-refractivity contribution in [2.45, 2.75) is 44.2 Å². The number of carbonyl (C=O) groups is 1. The van der Waals surface area contributed by atoms with Crippen LogP contribution in [-0.4, -0.2) is 53.9 Å². The van der Waals surface area contributed by atoms with E-state index in [2.05, 4.69) is 10.1 Å². The monoisotopic (exact) mass is 437 g/mol. The predicted octanol–water partition coefficient (Wildman–Crippen LogP) is 1.87. The van der Waals surface area contributed by atoms with E-state index in [4.69, 9.17) is 0 Å². The van der Waals surface area contributed by atoms with Gasteiger partial charge in [-0.2, -0.15) is 5.10 Å². The number of hydrogen-bond acceptors (Lipinski definition) is 5. The average Bonchev–Trinajstić information content (AvgIpc) is 3.14. The summed E-state index contributed by atoms with van der Waals surface area (Å²) in [5, 5.41) is 15.7. The molecule has 7 rings (SSSR count). The van der Waals surface area contributed by atoms with Crippen LogP contribution in [0, 0.1) is 17.2 Å². The van der Waals surface area contributed by atoms with Gasteiger partial charge in [0.2, 0.25) is 5.91 Å². The Morgan fingerprint density at radius 1 is 1.16 bits per heavy atom. The van der Waals surface area contributed by atoms with Crippen LogP contribution in [0.4, 0.5) is 4.39 Å². The topological polar surface area (TPSA) is 93.2 Å². The van der Waals surface area contributed by atoms with Gasteiger partial charge in [0.25, 0.3) is 5.56 Å². The Kier molecular flexibility index (Phi) is 4.11. The zero-order chi connectivity index (χ0) is 22.1. The van der Waals surface area contributed by atoms with Gasteiger partial charge in [-0.05, 0) is 62.3 Å². The third kappa shape index (κ3) is 2.91. The summed E-state index contributed by atoms with van der Waals surface area (Å²) in [4.78, 5) is 32.1. The standard InChI is InChI=1S/C23H24FN5O3/c24-16-1-3-17(4-2-16)29-19-18(12-26-29)20(30)28(14-25-19)13-23(32)5-7-27(8-6-23)21(31)22-9-15(10-22)11-22/h1-4,12,14-15,32H,5-11,13H2. The van der Waals surface area contributed by atoms with E-state index in [1.165, 1.54) is 33.9 Å². The Balaban J connectivity index is 1.20. The fourth-order valence-electron chi connectivity index (χ4n) is 5.51. The molecule has 1 aromatic carbocycles. The van der Waals surface area contributed by atoms with Gasteiger partial charge >= 0.3 is 0 Å². The molecule has 3 aromatic rings. The second kappa shape index (κ2) is 6.71. The average molecular weight is 437 g/mol. The highest BCUT2D eigenvalue weighted by atomic mass is 19.1. The van der Waals surface area contributed by atoms with Crippen LogP contribution in [0.3, 0.4) is 0 Å². The van der Waals surface area contributed by atoms with E-state index in [1.807, 2.05) is 4.90 Å². The first-order chi connectivity index (χ1) is 15.4. The molecule has 1 amide bonds. The molecule has 2 bridgehead atoms. The number of rotatable bonds is 4. The summed E-state index contributed by atoms with van der Waals surface area (Å²) in [6.45, 7) is 1.13. The summed E-state index contributed by atoms with van der Waals surface area (Å²) in [5.41, 5.74) is -0.475. The number of piperidine rings is 1. The van der Waals surface area contributed by atoms with Crippen LogP contribution in [-0.2, 0) is 11.3 Å². The molecule has 1 aliphatic heterocycles. The van der Waals surface area contributed by atoms with E-state index >= 15 is 0 Å². The van der Waals surface area contributed by atoms with Crippen molar-refractivity contribution in [2.24, 2.45) is 11.3 Å². The minimum Gasteiger partial charge on any atom is -0.388 e. The van der Waals surface area contributed by atoms with Gasteiger partial charge in [0.15, 0.2) is 5.65 Å². The van der Waals surface area contributed by atoms with Crippen LogP contribution in [0.25, 0.3) is 16.7 Å². The SMILES string of the molecule is O=C(N1CCC(O)(Cn2cnc3c(cnn3-c3ccc(F)cc3)c2=O)CC1)C12CC(C1)C2. The lowest BCUT2D eigenvalue weighted by Crippen LogP contribution is -2.63. The van der Waals surface area contributed by atoms with E-state index in [0.717, 1.165) is 25.2 Å².